The lowest BCUT2D eigenvalue weighted by molar-refractivity contribution is -0.137. The Balaban J connectivity index is 1.67. The van der Waals surface area contributed by atoms with Crippen LogP contribution in [0.5, 0.6) is 0 Å². The lowest BCUT2D eigenvalue weighted by Gasteiger charge is -2.29. The van der Waals surface area contributed by atoms with Gasteiger partial charge in [-0.2, -0.15) is 13.2 Å². The molecule has 0 N–H and O–H groups in total. The zero-order valence-electron chi connectivity index (χ0n) is 14.9. The average molecular weight is 348 g/mol. The first-order valence-corrected chi connectivity index (χ1v) is 9.58. The van der Waals surface area contributed by atoms with Crippen molar-refractivity contribution in [3.05, 3.63) is 47.5 Å². The summed E-state index contributed by atoms with van der Waals surface area (Å²) in [6.07, 6.45) is 6.06. The Hall–Kier alpha value is -1.51. The van der Waals surface area contributed by atoms with Crippen molar-refractivity contribution in [2.24, 2.45) is 5.92 Å². The van der Waals surface area contributed by atoms with Crippen LogP contribution in [0.4, 0.5) is 13.2 Å². The van der Waals surface area contributed by atoms with E-state index >= 15 is 0 Å². The van der Waals surface area contributed by atoms with Crippen molar-refractivity contribution in [3.8, 4) is 0 Å². The Bertz CT molecular complexity index is 694. The molecule has 1 aliphatic carbocycles. The van der Waals surface area contributed by atoms with Gasteiger partial charge < -0.3 is 0 Å². The lowest BCUT2D eigenvalue weighted by atomic mass is 9.77. The summed E-state index contributed by atoms with van der Waals surface area (Å²) in [5.74, 6) is 1.44. The summed E-state index contributed by atoms with van der Waals surface area (Å²) in [6, 6.07) is 10.0. The number of alkyl halides is 3. The number of unbranched alkanes of at least 4 members (excludes halogenated alkanes) is 2. The quantitative estimate of drug-likeness (QED) is 0.485. The maximum atomic E-state index is 12.8. The second-order valence-corrected chi connectivity index (χ2v) is 7.53. The summed E-state index contributed by atoms with van der Waals surface area (Å²) in [6.45, 7) is 2.24. The molecule has 0 aliphatic heterocycles. The highest BCUT2D eigenvalue weighted by atomic mass is 19.4. The van der Waals surface area contributed by atoms with Crippen molar-refractivity contribution in [2.45, 2.75) is 70.4 Å². The standard InChI is InChI=1S/C22H27F3/c1-2-3-4-5-16-6-8-17(9-7-16)18-10-11-20-15-21(22(23,24)25)13-12-19(20)14-18/h10-17H,2-9H2,1H3. The van der Waals surface area contributed by atoms with E-state index in [-0.39, 0.29) is 0 Å². The molecule has 0 unspecified atom stereocenters. The molecule has 0 atom stereocenters. The predicted molar refractivity (Wildman–Crippen MR) is 97.8 cm³/mol. The zero-order valence-corrected chi connectivity index (χ0v) is 14.9. The van der Waals surface area contributed by atoms with Crippen LogP contribution >= 0.6 is 0 Å². The second-order valence-electron chi connectivity index (χ2n) is 7.53. The van der Waals surface area contributed by atoms with Gasteiger partial charge in [-0.1, -0.05) is 56.9 Å². The SMILES string of the molecule is CCCCCC1CCC(c2ccc3cc(C(F)(F)F)ccc3c2)CC1. The Labute approximate surface area is 148 Å². The van der Waals surface area contributed by atoms with Crippen molar-refractivity contribution in [3.63, 3.8) is 0 Å². The molecule has 0 amide bonds. The van der Waals surface area contributed by atoms with Gasteiger partial charge in [-0.05, 0) is 66.0 Å². The maximum Gasteiger partial charge on any atom is 0.416 e. The van der Waals surface area contributed by atoms with Crippen LogP contribution in [0, 0.1) is 5.92 Å². The van der Waals surface area contributed by atoms with Crippen LogP contribution in [0.15, 0.2) is 36.4 Å². The number of halogens is 3. The molecule has 2 aromatic rings. The Morgan fingerprint density at radius 1 is 0.880 bits per heavy atom. The fourth-order valence-electron chi connectivity index (χ4n) is 4.16. The van der Waals surface area contributed by atoms with Crippen LogP contribution in [0.3, 0.4) is 0 Å². The third kappa shape index (κ3) is 4.56. The van der Waals surface area contributed by atoms with Crippen LogP contribution in [-0.4, -0.2) is 0 Å². The molecule has 3 rings (SSSR count). The van der Waals surface area contributed by atoms with Crippen LogP contribution < -0.4 is 0 Å². The fourth-order valence-corrected chi connectivity index (χ4v) is 4.16. The van der Waals surface area contributed by atoms with Gasteiger partial charge in [-0.25, -0.2) is 0 Å². The molecule has 25 heavy (non-hydrogen) atoms. The first-order valence-electron chi connectivity index (χ1n) is 9.58. The normalized spacial score (nSPS) is 21.6. The molecular formula is C22H27F3. The van der Waals surface area contributed by atoms with Gasteiger partial charge in [-0.15, -0.1) is 0 Å². The van der Waals surface area contributed by atoms with E-state index < -0.39 is 11.7 Å². The highest BCUT2D eigenvalue weighted by Gasteiger charge is 2.30. The van der Waals surface area contributed by atoms with Crippen molar-refractivity contribution in [1.29, 1.82) is 0 Å². The van der Waals surface area contributed by atoms with Crippen molar-refractivity contribution in [1.82, 2.24) is 0 Å². The highest BCUT2D eigenvalue weighted by Crippen LogP contribution is 2.39. The minimum absolute atomic E-state index is 0.564. The van der Waals surface area contributed by atoms with E-state index in [1.807, 2.05) is 12.1 Å². The summed E-state index contributed by atoms with van der Waals surface area (Å²) >= 11 is 0. The molecular weight excluding hydrogens is 321 g/mol. The molecule has 3 heteroatoms. The van der Waals surface area contributed by atoms with E-state index in [1.54, 1.807) is 6.07 Å². The second kappa shape index (κ2) is 7.80. The summed E-state index contributed by atoms with van der Waals surface area (Å²) < 4.78 is 38.5. The number of rotatable bonds is 5. The first-order chi connectivity index (χ1) is 12.0. The third-order valence-electron chi connectivity index (χ3n) is 5.73. The predicted octanol–water partition coefficient (Wildman–Crippen LogP) is 7.71. The Morgan fingerprint density at radius 3 is 2.24 bits per heavy atom. The van der Waals surface area contributed by atoms with Gasteiger partial charge >= 0.3 is 6.18 Å². The molecule has 0 spiro atoms. The van der Waals surface area contributed by atoms with Gasteiger partial charge in [0.25, 0.3) is 0 Å². The monoisotopic (exact) mass is 348 g/mol. The minimum atomic E-state index is -4.27. The van der Waals surface area contributed by atoms with Gasteiger partial charge in [0.15, 0.2) is 0 Å². The molecule has 1 saturated carbocycles. The van der Waals surface area contributed by atoms with E-state index in [0.29, 0.717) is 11.3 Å². The van der Waals surface area contributed by atoms with Gasteiger partial charge in [0.1, 0.15) is 0 Å². The average Bonchev–Trinajstić information content (AvgIpc) is 2.61. The fraction of sp³-hybridized carbons (Fsp3) is 0.545. The first kappa shape index (κ1) is 18.3. The van der Waals surface area contributed by atoms with Gasteiger partial charge in [0, 0.05) is 0 Å². The Morgan fingerprint density at radius 2 is 1.56 bits per heavy atom. The molecule has 2 aromatic carbocycles. The highest BCUT2D eigenvalue weighted by molar-refractivity contribution is 5.84. The summed E-state index contributed by atoms with van der Waals surface area (Å²) in [5.41, 5.74) is 0.722. The molecule has 1 fully saturated rings. The van der Waals surface area contributed by atoms with Crippen molar-refractivity contribution >= 4 is 10.8 Å². The van der Waals surface area contributed by atoms with E-state index in [2.05, 4.69) is 13.0 Å². The summed E-state index contributed by atoms with van der Waals surface area (Å²) in [5, 5.41) is 1.59. The van der Waals surface area contributed by atoms with Gasteiger partial charge in [0.2, 0.25) is 0 Å². The van der Waals surface area contributed by atoms with Crippen LogP contribution in [0.2, 0.25) is 0 Å². The molecule has 0 saturated heterocycles. The number of hydrogen-bond acceptors (Lipinski definition) is 0. The summed E-state index contributed by atoms with van der Waals surface area (Å²) in [4.78, 5) is 0. The largest absolute Gasteiger partial charge is 0.416 e. The van der Waals surface area contributed by atoms with Crippen LogP contribution in [0.1, 0.15) is 75.3 Å². The molecule has 0 radical (unpaired) electrons. The van der Waals surface area contributed by atoms with Crippen molar-refractivity contribution < 1.29 is 13.2 Å². The van der Waals surface area contributed by atoms with E-state index in [0.717, 1.165) is 11.3 Å². The topological polar surface area (TPSA) is 0 Å². The molecule has 0 bridgehead atoms. The Kier molecular flexibility index (Phi) is 5.71. The van der Waals surface area contributed by atoms with E-state index in [4.69, 9.17) is 0 Å². The smallest absolute Gasteiger partial charge is 0.166 e. The van der Waals surface area contributed by atoms with Crippen LogP contribution in [-0.2, 0) is 6.18 Å². The molecule has 0 nitrogen and oxygen atoms in total. The summed E-state index contributed by atoms with van der Waals surface area (Å²) in [7, 11) is 0. The minimum Gasteiger partial charge on any atom is -0.166 e. The van der Waals surface area contributed by atoms with Crippen LogP contribution in [0.25, 0.3) is 10.8 Å². The number of fused-ring (bicyclic) bond motifs is 1. The molecule has 0 aromatic heterocycles. The molecule has 1 aliphatic rings. The molecule has 0 heterocycles. The lowest BCUT2D eigenvalue weighted by Crippen LogP contribution is -2.13. The third-order valence-corrected chi connectivity index (χ3v) is 5.73. The van der Waals surface area contributed by atoms with Crippen molar-refractivity contribution in [2.75, 3.05) is 0 Å². The zero-order chi connectivity index (χ0) is 17.9. The number of benzene rings is 2. The van der Waals surface area contributed by atoms with Gasteiger partial charge in [0.05, 0.1) is 5.56 Å². The van der Waals surface area contributed by atoms with Gasteiger partial charge in [-0.3, -0.25) is 0 Å². The van der Waals surface area contributed by atoms with E-state index in [9.17, 15) is 13.2 Å². The van der Waals surface area contributed by atoms with E-state index in [1.165, 1.54) is 69.1 Å². The number of hydrogen-bond donors (Lipinski definition) is 0. The molecule has 136 valence electrons. The maximum absolute atomic E-state index is 12.8.